The lowest BCUT2D eigenvalue weighted by atomic mass is 10.1. The Kier molecular flexibility index (Phi) is 4.48. The number of rotatable bonds is 3. The zero-order chi connectivity index (χ0) is 14.0. The second-order valence-corrected chi connectivity index (χ2v) is 6.17. The van der Waals surface area contributed by atoms with Crippen LogP contribution >= 0.6 is 11.6 Å². The molecule has 1 amide bonds. The van der Waals surface area contributed by atoms with Crippen LogP contribution in [0.1, 0.15) is 40.5 Å². The average Bonchev–Trinajstić information content (AvgIpc) is 2.85. The Bertz CT molecular complexity index is 339. The van der Waals surface area contributed by atoms with Gasteiger partial charge in [0.25, 0.3) is 0 Å². The van der Waals surface area contributed by atoms with E-state index < -0.39 is 23.1 Å². The van der Waals surface area contributed by atoms with E-state index in [0.29, 0.717) is 5.88 Å². The number of nitrogens with one attached hydrogen (secondary N) is 1. The summed E-state index contributed by atoms with van der Waals surface area (Å²) in [5, 5.41) is 0. The predicted octanol–water partition coefficient (Wildman–Crippen LogP) is 2.62. The minimum absolute atomic E-state index is 0.239. The highest BCUT2D eigenvalue weighted by Gasteiger charge is 2.57. The Morgan fingerprint density at radius 3 is 2.56 bits per heavy atom. The van der Waals surface area contributed by atoms with Crippen molar-refractivity contribution in [2.45, 2.75) is 46.1 Å². The first kappa shape index (κ1) is 15.1. The van der Waals surface area contributed by atoms with Gasteiger partial charge >= 0.3 is 12.1 Å². The van der Waals surface area contributed by atoms with Crippen molar-refractivity contribution in [2.75, 3.05) is 5.88 Å². The highest BCUT2D eigenvalue weighted by atomic mass is 35.5. The first-order valence-electron chi connectivity index (χ1n) is 5.95. The summed E-state index contributed by atoms with van der Waals surface area (Å²) >= 11 is 5.63. The standard InChI is InChI=1S/C12H20ClNO4/c1-11(2,3)17-10(16)14-18-9(15)12(4)7-8(12)5-6-13/h8H,5-7H2,1-4H3,(H,14,16)/t8-,12+/m1/s1. The molecule has 0 radical (unpaired) electrons. The normalized spacial score (nSPS) is 26.4. The van der Waals surface area contributed by atoms with Crippen molar-refractivity contribution in [3.05, 3.63) is 0 Å². The SMILES string of the molecule is CC(C)(C)OC(=O)NOC(=O)[C@@]1(C)C[C@H]1CCCl. The van der Waals surface area contributed by atoms with Crippen molar-refractivity contribution in [3.63, 3.8) is 0 Å². The van der Waals surface area contributed by atoms with E-state index in [1.54, 1.807) is 20.8 Å². The van der Waals surface area contributed by atoms with Gasteiger partial charge in [-0.05, 0) is 46.5 Å². The molecule has 104 valence electrons. The summed E-state index contributed by atoms with van der Waals surface area (Å²) in [5.41, 5.74) is 0.857. The minimum atomic E-state index is -0.769. The lowest BCUT2D eigenvalue weighted by molar-refractivity contribution is -0.157. The monoisotopic (exact) mass is 277 g/mol. The van der Waals surface area contributed by atoms with Gasteiger partial charge in [-0.15, -0.1) is 17.1 Å². The summed E-state index contributed by atoms with van der Waals surface area (Å²) in [7, 11) is 0. The summed E-state index contributed by atoms with van der Waals surface area (Å²) in [6.45, 7) is 7.00. The number of hydroxylamine groups is 1. The first-order chi connectivity index (χ1) is 8.19. The lowest BCUT2D eigenvalue weighted by Crippen LogP contribution is -2.35. The second kappa shape index (κ2) is 5.34. The number of amides is 1. The quantitative estimate of drug-likeness (QED) is 0.636. The molecule has 0 saturated heterocycles. The third-order valence-electron chi connectivity index (χ3n) is 2.96. The molecule has 0 heterocycles. The molecule has 0 aromatic carbocycles. The molecule has 0 spiro atoms. The summed E-state index contributed by atoms with van der Waals surface area (Å²) in [5.74, 6) is 0.318. The number of alkyl halides is 1. The minimum Gasteiger partial charge on any atom is -0.442 e. The van der Waals surface area contributed by atoms with Crippen LogP contribution in [-0.2, 0) is 14.4 Å². The molecule has 1 saturated carbocycles. The number of carbonyl (C=O) groups is 2. The number of hydrogen-bond acceptors (Lipinski definition) is 4. The van der Waals surface area contributed by atoms with Crippen LogP contribution in [-0.4, -0.2) is 23.5 Å². The largest absolute Gasteiger partial charge is 0.442 e. The van der Waals surface area contributed by atoms with Crippen LogP contribution < -0.4 is 5.48 Å². The fourth-order valence-electron chi connectivity index (χ4n) is 1.76. The first-order valence-corrected chi connectivity index (χ1v) is 6.49. The van der Waals surface area contributed by atoms with Gasteiger partial charge in [0.1, 0.15) is 5.60 Å². The van der Waals surface area contributed by atoms with Gasteiger partial charge < -0.3 is 9.57 Å². The van der Waals surface area contributed by atoms with Crippen molar-refractivity contribution >= 4 is 23.7 Å². The molecule has 0 bridgehead atoms. The zero-order valence-corrected chi connectivity index (χ0v) is 12.0. The molecule has 1 aliphatic rings. The molecule has 0 aromatic rings. The fourth-order valence-corrected chi connectivity index (χ4v) is 2.02. The van der Waals surface area contributed by atoms with Crippen molar-refractivity contribution in [1.82, 2.24) is 5.48 Å². The van der Waals surface area contributed by atoms with E-state index >= 15 is 0 Å². The molecule has 0 aliphatic heterocycles. The smallest absolute Gasteiger partial charge is 0.441 e. The van der Waals surface area contributed by atoms with E-state index in [4.69, 9.17) is 21.2 Å². The van der Waals surface area contributed by atoms with Gasteiger partial charge in [-0.1, -0.05) is 0 Å². The van der Waals surface area contributed by atoms with E-state index in [9.17, 15) is 9.59 Å². The molecule has 1 aliphatic carbocycles. The van der Waals surface area contributed by atoms with Gasteiger partial charge in [-0.3, -0.25) is 0 Å². The summed E-state index contributed by atoms with van der Waals surface area (Å²) < 4.78 is 4.95. The second-order valence-electron chi connectivity index (χ2n) is 5.79. The fraction of sp³-hybridized carbons (Fsp3) is 0.833. The van der Waals surface area contributed by atoms with Gasteiger partial charge in [0.15, 0.2) is 0 Å². The van der Waals surface area contributed by atoms with E-state index in [0.717, 1.165) is 12.8 Å². The Hall–Kier alpha value is -0.970. The van der Waals surface area contributed by atoms with E-state index in [2.05, 4.69) is 0 Å². The molecule has 18 heavy (non-hydrogen) atoms. The maximum Gasteiger partial charge on any atom is 0.441 e. The topological polar surface area (TPSA) is 64.6 Å². The third-order valence-corrected chi connectivity index (χ3v) is 3.18. The molecule has 0 unspecified atom stereocenters. The Morgan fingerprint density at radius 2 is 2.06 bits per heavy atom. The Labute approximate surface area is 112 Å². The van der Waals surface area contributed by atoms with Crippen LogP contribution in [0.4, 0.5) is 4.79 Å². The lowest BCUT2D eigenvalue weighted by Gasteiger charge is -2.19. The maximum absolute atomic E-state index is 11.7. The molecule has 0 aromatic heterocycles. The molecule has 6 heteroatoms. The molecular weight excluding hydrogens is 258 g/mol. The molecular formula is C12H20ClNO4. The summed E-state index contributed by atoms with van der Waals surface area (Å²) in [6, 6.07) is 0. The van der Waals surface area contributed by atoms with Gasteiger partial charge in [0, 0.05) is 5.88 Å². The maximum atomic E-state index is 11.7. The van der Waals surface area contributed by atoms with E-state index in [1.165, 1.54) is 0 Å². The van der Waals surface area contributed by atoms with Crippen molar-refractivity contribution in [2.24, 2.45) is 11.3 Å². The highest BCUT2D eigenvalue weighted by molar-refractivity contribution is 6.17. The Morgan fingerprint density at radius 1 is 1.44 bits per heavy atom. The van der Waals surface area contributed by atoms with Gasteiger partial charge in [-0.25, -0.2) is 9.59 Å². The molecule has 2 atom stereocenters. The van der Waals surface area contributed by atoms with Gasteiger partial charge in [-0.2, -0.15) is 0 Å². The molecule has 1 N–H and O–H groups in total. The van der Waals surface area contributed by atoms with E-state index in [-0.39, 0.29) is 5.92 Å². The number of carbonyl (C=O) groups excluding carboxylic acids is 2. The predicted molar refractivity (Wildman–Crippen MR) is 67.0 cm³/mol. The zero-order valence-electron chi connectivity index (χ0n) is 11.2. The number of halogens is 1. The number of hydrogen-bond donors (Lipinski definition) is 1. The molecule has 1 rings (SSSR count). The van der Waals surface area contributed by atoms with Crippen molar-refractivity contribution in [1.29, 1.82) is 0 Å². The highest BCUT2D eigenvalue weighted by Crippen LogP contribution is 2.54. The van der Waals surface area contributed by atoms with Crippen LogP contribution in [0.3, 0.4) is 0 Å². The van der Waals surface area contributed by atoms with Crippen LogP contribution in [0.25, 0.3) is 0 Å². The van der Waals surface area contributed by atoms with Crippen LogP contribution in [0.5, 0.6) is 0 Å². The van der Waals surface area contributed by atoms with E-state index in [1.807, 2.05) is 12.4 Å². The summed E-state index contributed by atoms with van der Waals surface area (Å²) in [4.78, 5) is 27.8. The number of ether oxygens (including phenoxy) is 1. The van der Waals surface area contributed by atoms with Crippen molar-refractivity contribution in [3.8, 4) is 0 Å². The average molecular weight is 278 g/mol. The molecule has 5 nitrogen and oxygen atoms in total. The van der Waals surface area contributed by atoms with Gasteiger partial charge in [0.05, 0.1) is 5.41 Å². The molecule has 1 fully saturated rings. The van der Waals surface area contributed by atoms with Crippen LogP contribution in [0.15, 0.2) is 0 Å². The Balaban J connectivity index is 2.32. The van der Waals surface area contributed by atoms with Crippen LogP contribution in [0.2, 0.25) is 0 Å². The summed E-state index contributed by atoms with van der Waals surface area (Å²) in [6.07, 6.45) is 0.753. The van der Waals surface area contributed by atoms with Crippen LogP contribution in [0, 0.1) is 11.3 Å². The van der Waals surface area contributed by atoms with Crippen molar-refractivity contribution < 1.29 is 19.2 Å². The van der Waals surface area contributed by atoms with Gasteiger partial charge in [0.2, 0.25) is 0 Å². The third kappa shape index (κ3) is 4.05.